The van der Waals surface area contributed by atoms with E-state index < -0.39 is 38.1 Å². The number of hydrogen-bond donors (Lipinski definition) is 2. The van der Waals surface area contributed by atoms with Crippen molar-refractivity contribution in [1.82, 2.24) is 0 Å². The van der Waals surface area contributed by atoms with Crippen LogP contribution in [0.25, 0.3) is 0 Å². The zero-order chi connectivity index (χ0) is 15.8. The lowest BCUT2D eigenvalue weighted by Crippen LogP contribution is -2.17. The summed E-state index contributed by atoms with van der Waals surface area (Å²) in [7, 11) is -4.64. The van der Waals surface area contributed by atoms with Crippen LogP contribution in [0.15, 0.2) is 39.7 Å². The molecule has 3 N–H and O–H groups in total. The molecule has 0 bridgehead atoms. The van der Waals surface area contributed by atoms with Crippen molar-refractivity contribution in [3.63, 3.8) is 0 Å². The standard InChI is InChI=1S/C12H8BrF3N2O2S/c13-6-1-2-11(8(14)3-6)18-21(19,20)12-9(15)4-7(17)5-10(12)16/h1-5,18H,17H2. The van der Waals surface area contributed by atoms with Crippen LogP contribution in [-0.4, -0.2) is 8.42 Å². The highest BCUT2D eigenvalue weighted by Gasteiger charge is 2.25. The Morgan fingerprint density at radius 1 is 1.00 bits per heavy atom. The van der Waals surface area contributed by atoms with E-state index in [2.05, 4.69) is 15.9 Å². The number of rotatable bonds is 3. The highest BCUT2D eigenvalue weighted by atomic mass is 79.9. The Bertz CT molecular complexity index is 789. The normalized spacial score (nSPS) is 11.4. The third-order valence-corrected chi connectivity index (χ3v) is 4.37. The Morgan fingerprint density at radius 2 is 1.57 bits per heavy atom. The fraction of sp³-hybridized carbons (Fsp3) is 0. The van der Waals surface area contributed by atoms with Gasteiger partial charge in [-0.15, -0.1) is 0 Å². The molecule has 0 atom stereocenters. The smallest absolute Gasteiger partial charge is 0.267 e. The van der Waals surface area contributed by atoms with Gasteiger partial charge < -0.3 is 5.73 Å². The number of nitrogen functional groups attached to an aromatic ring is 1. The molecule has 0 fully saturated rings. The van der Waals surface area contributed by atoms with Crippen molar-refractivity contribution in [2.75, 3.05) is 10.5 Å². The van der Waals surface area contributed by atoms with Crippen LogP contribution in [0.1, 0.15) is 0 Å². The molecule has 0 saturated carbocycles. The minimum Gasteiger partial charge on any atom is -0.399 e. The molecule has 2 rings (SSSR count). The summed E-state index contributed by atoms with van der Waals surface area (Å²) in [4.78, 5) is -1.22. The second kappa shape index (κ2) is 5.57. The summed E-state index contributed by atoms with van der Waals surface area (Å²) >= 11 is 3.00. The van der Waals surface area contributed by atoms with E-state index in [1.165, 1.54) is 6.07 Å². The molecule has 0 aromatic heterocycles. The Labute approximate surface area is 127 Å². The summed E-state index contributed by atoms with van der Waals surface area (Å²) in [6.07, 6.45) is 0. The SMILES string of the molecule is Nc1cc(F)c(S(=O)(=O)Nc2ccc(Br)cc2F)c(F)c1. The molecule has 2 aromatic rings. The average molecular weight is 381 g/mol. The van der Waals surface area contributed by atoms with Gasteiger partial charge in [0.25, 0.3) is 10.0 Å². The van der Waals surface area contributed by atoms with Crippen LogP contribution in [0, 0.1) is 17.5 Å². The van der Waals surface area contributed by atoms with Gasteiger partial charge in [0.05, 0.1) is 5.69 Å². The summed E-state index contributed by atoms with van der Waals surface area (Å²) in [5.41, 5.74) is 4.50. The molecule has 0 aliphatic carbocycles. The molecular weight excluding hydrogens is 373 g/mol. The van der Waals surface area contributed by atoms with Gasteiger partial charge >= 0.3 is 0 Å². The lowest BCUT2D eigenvalue weighted by atomic mass is 10.3. The van der Waals surface area contributed by atoms with E-state index in [1.54, 1.807) is 4.72 Å². The molecule has 0 heterocycles. The number of nitrogens with two attached hydrogens (primary N) is 1. The van der Waals surface area contributed by atoms with Crippen LogP contribution in [0.3, 0.4) is 0 Å². The first-order valence-electron chi connectivity index (χ1n) is 5.43. The molecule has 0 unspecified atom stereocenters. The molecule has 9 heteroatoms. The Hall–Kier alpha value is -1.74. The predicted octanol–water partition coefficient (Wildman–Crippen LogP) is 3.25. The summed E-state index contributed by atoms with van der Waals surface area (Å²) in [5, 5.41) is 0. The quantitative estimate of drug-likeness (QED) is 0.802. The third kappa shape index (κ3) is 3.30. The lowest BCUT2D eigenvalue weighted by molar-refractivity contribution is 0.522. The summed E-state index contributed by atoms with van der Waals surface area (Å²) in [6.45, 7) is 0. The number of sulfonamides is 1. The number of anilines is 2. The highest BCUT2D eigenvalue weighted by molar-refractivity contribution is 9.10. The molecule has 2 aromatic carbocycles. The summed E-state index contributed by atoms with van der Waals surface area (Å²) < 4.78 is 67.0. The molecule has 0 aliphatic rings. The minimum absolute atomic E-state index is 0.265. The zero-order valence-electron chi connectivity index (χ0n) is 10.2. The summed E-state index contributed by atoms with van der Waals surface area (Å²) in [5.74, 6) is -3.63. The highest BCUT2D eigenvalue weighted by Crippen LogP contribution is 2.26. The topological polar surface area (TPSA) is 72.2 Å². The van der Waals surface area contributed by atoms with Gasteiger partial charge in [-0.3, -0.25) is 4.72 Å². The number of hydrogen-bond acceptors (Lipinski definition) is 3. The summed E-state index contributed by atoms with van der Waals surface area (Å²) in [6, 6.07) is 4.82. The second-order valence-corrected chi connectivity index (χ2v) is 6.58. The van der Waals surface area contributed by atoms with E-state index in [4.69, 9.17) is 5.73 Å². The molecule has 0 radical (unpaired) electrons. The van der Waals surface area contributed by atoms with Crippen LogP contribution < -0.4 is 10.5 Å². The second-order valence-electron chi connectivity index (χ2n) is 4.04. The van der Waals surface area contributed by atoms with Gasteiger partial charge in [0.1, 0.15) is 17.5 Å². The van der Waals surface area contributed by atoms with Gasteiger partial charge in [-0.25, -0.2) is 21.6 Å². The number of benzene rings is 2. The molecule has 112 valence electrons. The van der Waals surface area contributed by atoms with Crippen molar-refractivity contribution in [3.8, 4) is 0 Å². The van der Waals surface area contributed by atoms with E-state index in [1.807, 2.05) is 0 Å². The monoisotopic (exact) mass is 380 g/mol. The lowest BCUT2D eigenvalue weighted by Gasteiger charge is -2.11. The van der Waals surface area contributed by atoms with E-state index >= 15 is 0 Å². The minimum atomic E-state index is -4.64. The van der Waals surface area contributed by atoms with Crippen molar-refractivity contribution in [2.45, 2.75) is 4.90 Å². The Kier molecular flexibility index (Phi) is 4.15. The maximum atomic E-state index is 13.6. The van der Waals surface area contributed by atoms with Crippen molar-refractivity contribution in [3.05, 3.63) is 52.3 Å². The maximum absolute atomic E-state index is 13.6. The van der Waals surface area contributed by atoms with Crippen molar-refractivity contribution in [2.24, 2.45) is 0 Å². The molecule has 0 aliphatic heterocycles. The average Bonchev–Trinajstić information content (AvgIpc) is 2.30. The fourth-order valence-corrected chi connectivity index (χ4v) is 3.13. The van der Waals surface area contributed by atoms with E-state index in [9.17, 15) is 21.6 Å². The molecule has 4 nitrogen and oxygen atoms in total. The molecule has 0 spiro atoms. The first-order valence-corrected chi connectivity index (χ1v) is 7.71. The van der Waals surface area contributed by atoms with Gasteiger partial charge in [0, 0.05) is 10.2 Å². The molecule has 21 heavy (non-hydrogen) atoms. The Morgan fingerprint density at radius 3 is 2.10 bits per heavy atom. The Balaban J connectivity index is 2.48. The fourth-order valence-electron chi connectivity index (χ4n) is 1.60. The zero-order valence-corrected chi connectivity index (χ0v) is 12.6. The third-order valence-electron chi connectivity index (χ3n) is 2.46. The molecular formula is C12H8BrF3N2O2S. The van der Waals surface area contributed by atoms with Crippen LogP contribution in [0.5, 0.6) is 0 Å². The largest absolute Gasteiger partial charge is 0.399 e. The van der Waals surface area contributed by atoms with Crippen LogP contribution >= 0.6 is 15.9 Å². The predicted molar refractivity (Wildman–Crippen MR) is 75.7 cm³/mol. The van der Waals surface area contributed by atoms with E-state index in [0.717, 1.165) is 12.1 Å². The van der Waals surface area contributed by atoms with E-state index in [-0.39, 0.29) is 5.69 Å². The van der Waals surface area contributed by atoms with E-state index in [0.29, 0.717) is 16.6 Å². The first kappa shape index (κ1) is 15.6. The van der Waals surface area contributed by atoms with Gasteiger partial charge in [-0.1, -0.05) is 15.9 Å². The molecule has 0 amide bonds. The van der Waals surface area contributed by atoms with Crippen LogP contribution in [-0.2, 0) is 10.0 Å². The van der Waals surface area contributed by atoms with Crippen LogP contribution in [0.2, 0.25) is 0 Å². The van der Waals surface area contributed by atoms with Crippen molar-refractivity contribution in [1.29, 1.82) is 0 Å². The maximum Gasteiger partial charge on any atom is 0.267 e. The van der Waals surface area contributed by atoms with Gasteiger partial charge in [0.15, 0.2) is 4.90 Å². The van der Waals surface area contributed by atoms with Gasteiger partial charge in [0.2, 0.25) is 0 Å². The van der Waals surface area contributed by atoms with Crippen molar-refractivity contribution < 1.29 is 21.6 Å². The number of halogens is 4. The van der Waals surface area contributed by atoms with Crippen LogP contribution in [0.4, 0.5) is 24.5 Å². The van der Waals surface area contributed by atoms with Gasteiger partial charge in [-0.05, 0) is 30.3 Å². The first-order chi connectivity index (χ1) is 9.70. The van der Waals surface area contributed by atoms with Gasteiger partial charge in [-0.2, -0.15) is 0 Å². The van der Waals surface area contributed by atoms with Crippen molar-refractivity contribution >= 4 is 37.3 Å². The number of nitrogens with one attached hydrogen (secondary N) is 1. The molecule has 0 saturated heterocycles.